The highest BCUT2D eigenvalue weighted by atomic mass is 35.5. The van der Waals surface area contributed by atoms with Crippen LogP contribution < -0.4 is 20.5 Å². The number of primary amides is 1. The van der Waals surface area contributed by atoms with E-state index in [9.17, 15) is 9.59 Å². The molecule has 2 amide bonds. The fourth-order valence-corrected chi connectivity index (χ4v) is 2.29. The molecule has 24 heavy (non-hydrogen) atoms. The summed E-state index contributed by atoms with van der Waals surface area (Å²) >= 11 is 5.83. The Hall–Kier alpha value is -2.73. The largest absolute Gasteiger partial charge is 0.493 e. The van der Waals surface area contributed by atoms with Crippen LogP contribution in [0.3, 0.4) is 0 Å². The van der Waals surface area contributed by atoms with Crippen molar-refractivity contribution in [3.8, 4) is 11.5 Å². The number of nitrogens with two attached hydrogens (primary N) is 1. The number of carbonyl (C=O) groups is 2. The van der Waals surface area contributed by atoms with Crippen LogP contribution in [0.15, 0.2) is 42.5 Å². The van der Waals surface area contributed by atoms with E-state index >= 15 is 0 Å². The van der Waals surface area contributed by atoms with Crippen molar-refractivity contribution in [2.45, 2.75) is 6.04 Å². The zero-order chi connectivity index (χ0) is 17.7. The van der Waals surface area contributed by atoms with Gasteiger partial charge in [-0.2, -0.15) is 0 Å². The number of hydrogen-bond acceptors (Lipinski definition) is 4. The zero-order valence-electron chi connectivity index (χ0n) is 13.2. The van der Waals surface area contributed by atoms with Gasteiger partial charge in [-0.05, 0) is 35.9 Å². The van der Waals surface area contributed by atoms with Gasteiger partial charge in [-0.25, -0.2) is 0 Å². The van der Waals surface area contributed by atoms with Gasteiger partial charge in [0.2, 0.25) is 5.91 Å². The van der Waals surface area contributed by atoms with E-state index in [1.54, 1.807) is 36.4 Å². The number of hydrogen-bond donors (Lipinski definition) is 2. The topological polar surface area (TPSA) is 90.6 Å². The van der Waals surface area contributed by atoms with Crippen molar-refractivity contribution in [1.29, 1.82) is 0 Å². The molecule has 1 atom stereocenters. The first kappa shape index (κ1) is 17.6. The fraction of sp³-hybridized carbons (Fsp3) is 0.176. The maximum atomic E-state index is 12.4. The van der Waals surface area contributed by atoms with Crippen LogP contribution in [-0.2, 0) is 4.79 Å². The SMILES string of the molecule is COc1ccc(C(=O)NC(C(N)=O)c2ccc(Cl)cc2)cc1OC. The normalized spacial score (nSPS) is 11.5. The monoisotopic (exact) mass is 348 g/mol. The Morgan fingerprint density at radius 2 is 1.67 bits per heavy atom. The molecule has 0 radical (unpaired) electrons. The third-order valence-electron chi connectivity index (χ3n) is 3.41. The molecule has 1 unspecified atom stereocenters. The molecule has 126 valence electrons. The Balaban J connectivity index is 2.25. The minimum absolute atomic E-state index is 0.313. The summed E-state index contributed by atoms with van der Waals surface area (Å²) in [5.74, 6) is -0.230. The first-order chi connectivity index (χ1) is 11.5. The molecule has 2 aromatic rings. The summed E-state index contributed by atoms with van der Waals surface area (Å²) in [5, 5.41) is 3.13. The predicted molar refractivity (Wildman–Crippen MR) is 90.4 cm³/mol. The minimum Gasteiger partial charge on any atom is -0.493 e. The molecular formula is C17H17ClN2O4. The lowest BCUT2D eigenvalue weighted by Crippen LogP contribution is -2.37. The van der Waals surface area contributed by atoms with E-state index in [2.05, 4.69) is 5.32 Å². The molecule has 0 aliphatic heterocycles. The van der Waals surface area contributed by atoms with Crippen LogP contribution in [0.1, 0.15) is 22.0 Å². The Labute approximate surface area is 144 Å². The molecule has 0 aliphatic carbocycles. The van der Waals surface area contributed by atoms with E-state index in [4.69, 9.17) is 26.8 Å². The van der Waals surface area contributed by atoms with Crippen LogP contribution in [0, 0.1) is 0 Å². The summed E-state index contributed by atoms with van der Waals surface area (Å²) in [6.07, 6.45) is 0. The molecular weight excluding hydrogens is 332 g/mol. The van der Waals surface area contributed by atoms with E-state index in [1.165, 1.54) is 20.3 Å². The first-order valence-corrected chi connectivity index (χ1v) is 7.41. The van der Waals surface area contributed by atoms with Crippen LogP contribution >= 0.6 is 11.6 Å². The third-order valence-corrected chi connectivity index (χ3v) is 3.66. The summed E-state index contributed by atoms with van der Waals surface area (Å²) in [7, 11) is 2.97. The maximum Gasteiger partial charge on any atom is 0.252 e. The quantitative estimate of drug-likeness (QED) is 0.838. The summed E-state index contributed by atoms with van der Waals surface area (Å²) in [6.45, 7) is 0. The lowest BCUT2D eigenvalue weighted by molar-refractivity contribution is -0.120. The van der Waals surface area contributed by atoms with Gasteiger partial charge in [0.25, 0.3) is 5.91 Å². The maximum absolute atomic E-state index is 12.4. The number of nitrogens with one attached hydrogen (secondary N) is 1. The molecule has 0 fully saturated rings. The van der Waals surface area contributed by atoms with Crippen molar-refractivity contribution in [3.05, 3.63) is 58.6 Å². The van der Waals surface area contributed by atoms with Crippen molar-refractivity contribution in [2.75, 3.05) is 14.2 Å². The second-order valence-corrected chi connectivity index (χ2v) is 5.37. The molecule has 6 nitrogen and oxygen atoms in total. The highest BCUT2D eigenvalue weighted by Crippen LogP contribution is 2.27. The van der Waals surface area contributed by atoms with Gasteiger partial charge in [-0.15, -0.1) is 0 Å². The van der Waals surface area contributed by atoms with Crippen LogP contribution in [0.2, 0.25) is 5.02 Å². The molecule has 0 aromatic heterocycles. The number of benzene rings is 2. The molecule has 0 heterocycles. The molecule has 2 aromatic carbocycles. The number of methoxy groups -OCH3 is 2. The smallest absolute Gasteiger partial charge is 0.252 e. The molecule has 0 saturated heterocycles. The highest BCUT2D eigenvalue weighted by Gasteiger charge is 2.21. The second-order valence-electron chi connectivity index (χ2n) is 4.93. The van der Waals surface area contributed by atoms with E-state index in [0.29, 0.717) is 27.6 Å². The number of amides is 2. The van der Waals surface area contributed by atoms with Crippen LogP contribution in [-0.4, -0.2) is 26.0 Å². The molecule has 0 bridgehead atoms. The average Bonchev–Trinajstić information content (AvgIpc) is 2.59. The van der Waals surface area contributed by atoms with E-state index in [1.807, 2.05) is 0 Å². The van der Waals surface area contributed by atoms with Gasteiger partial charge in [0.1, 0.15) is 6.04 Å². The Morgan fingerprint density at radius 1 is 1.04 bits per heavy atom. The van der Waals surface area contributed by atoms with Crippen molar-refractivity contribution in [3.63, 3.8) is 0 Å². The average molecular weight is 349 g/mol. The zero-order valence-corrected chi connectivity index (χ0v) is 14.0. The van der Waals surface area contributed by atoms with Crippen LogP contribution in [0.4, 0.5) is 0 Å². The van der Waals surface area contributed by atoms with E-state index < -0.39 is 17.9 Å². The number of carbonyl (C=O) groups excluding carboxylic acids is 2. The minimum atomic E-state index is -0.970. The Kier molecular flexibility index (Phi) is 5.65. The summed E-state index contributed by atoms with van der Waals surface area (Å²) < 4.78 is 10.3. The first-order valence-electron chi connectivity index (χ1n) is 7.04. The molecule has 0 aliphatic rings. The van der Waals surface area contributed by atoms with Crippen molar-refractivity contribution in [1.82, 2.24) is 5.32 Å². The van der Waals surface area contributed by atoms with E-state index in [-0.39, 0.29) is 0 Å². The lowest BCUT2D eigenvalue weighted by Gasteiger charge is -2.16. The number of halogens is 1. The number of ether oxygens (including phenoxy) is 2. The lowest BCUT2D eigenvalue weighted by atomic mass is 10.1. The Morgan fingerprint density at radius 3 is 2.21 bits per heavy atom. The highest BCUT2D eigenvalue weighted by molar-refractivity contribution is 6.30. The summed E-state index contributed by atoms with van der Waals surface area (Å²) in [4.78, 5) is 24.1. The van der Waals surface area contributed by atoms with E-state index in [0.717, 1.165) is 0 Å². The van der Waals surface area contributed by atoms with Gasteiger partial charge in [-0.3, -0.25) is 9.59 Å². The summed E-state index contributed by atoms with van der Waals surface area (Å²) in [5.41, 5.74) is 6.26. The third kappa shape index (κ3) is 3.97. The van der Waals surface area contributed by atoms with Crippen LogP contribution in [0.25, 0.3) is 0 Å². The fourth-order valence-electron chi connectivity index (χ4n) is 2.17. The van der Waals surface area contributed by atoms with Gasteiger partial charge in [0, 0.05) is 10.6 Å². The van der Waals surface area contributed by atoms with Gasteiger partial charge >= 0.3 is 0 Å². The van der Waals surface area contributed by atoms with Gasteiger partial charge < -0.3 is 20.5 Å². The molecule has 0 saturated carbocycles. The molecule has 0 spiro atoms. The standard InChI is InChI=1S/C17H17ClN2O4/c1-23-13-8-5-11(9-14(13)24-2)17(22)20-15(16(19)21)10-3-6-12(18)7-4-10/h3-9,15H,1-2H3,(H2,19,21)(H,20,22). The van der Waals surface area contributed by atoms with Gasteiger partial charge in [-0.1, -0.05) is 23.7 Å². The summed E-state index contributed by atoms with van der Waals surface area (Å²) in [6, 6.07) is 10.2. The van der Waals surface area contributed by atoms with Gasteiger partial charge in [0.15, 0.2) is 11.5 Å². The van der Waals surface area contributed by atoms with Crippen LogP contribution in [0.5, 0.6) is 11.5 Å². The molecule has 3 N–H and O–H groups in total. The van der Waals surface area contributed by atoms with Gasteiger partial charge in [0.05, 0.1) is 14.2 Å². The molecule has 2 rings (SSSR count). The Bertz CT molecular complexity index is 747. The van der Waals surface area contributed by atoms with Crippen molar-refractivity contribution < 1.29 is 19.1 Å². The second kappa shape index (κ2) is 7.70. The van der Waals surface area contributed by atoms with Crippen molar-refractivity contribution >= 4 is 23.4 Å². The number of rotatable bonds is 6. The molecule has 7 heteroatoms. The van der Waals surface area contributed by atoms with Crippen molar-refractivity contribution in [2.24, 2.45) is 5.73 Å². The predicted octanol–water partition coefficient (Wildman–Crippen LogP) is 2.31.